The van der Waals surface area contributed by atoms with E-state index in [1.807, 2.05) is 0 Å². The smallest absolute Gasteiger partial charge is 0.302 e. The minimum absolute atomic E-state index is 0.0790. The van der Waals surface area contributed by atoms with E-state index < -0.39 is 24.1 Å². The van der Waals surface area contributed by atoms with Crippen molar-refractivity contribution in [3.8, 4) is 0 Å². The third kappa shape index (κ3) is 11.1. The molecular formula is C10H18O7. The fourth-order valence-corrected chi connectivity index (χ4v) is 0.863. The first-order valence-corrected chi connectivity index (χ1v) is 5.12. The molecule has 0 aliphatic rings. The summed E-state index contributed by atoms with van der Waals surface area (Å²) < 4.78 is 14.0. The first-order valence-electron chi connectivity index (χ1n) is 5.12. The summed E-state index contributed by atoms with van der Waals surface area (Å²) in [5, 5.41) is 18.5. The molecule has 0 bridgehead atoms. The zero-order valence-electron chi connectivity index (χ0n) is 9.92. The van der Waals surface area contributed by atoms with Crippen LogP contribution in [0.1, 0.15) is 13.8 Å². The summed E-state index contributed by atoms with van der Waals surface area (Å²) >= 11 is 0. The van der Waals surface area contributed by atoms with Crippen LogP contribution in [0.5, 0.6) is 0 Å². The molecule has 7 nitrogen and oxygen atoms in total. The normalized spacial score (nSPS) is 13.9. The van der Waals surface area contributed by atoms with Gasteiger partial charge in [0, 0.05) is 13.8 Å². The van der Waals surface area contributed by atoms with Crippen LogP contribution in [0.25, 0.3) is 0 Å². The Balaban J connectivity index is 3.48. The molecule has 0 saturated carbocycles. The molecule has 0 radical (unpaired) electrons. The highest BCUT2D eigenvalue weighted by Crippen LogP contribution is 1.92. The minimum Gasteiger partial charge on any atom is -0.463 e. The molecule has 2 atom stereocenters. The van der Waals surface area contributed by atoms with Crippen molar-refractivity contribution >= 4 is 11.9 Å². The summed E-state index contributed by atoms with van der Waals surface area (Å²) in [6.45, 7) is 1.99. The fraction of sp³-hybridized carbons (Fsp3) is 0.800. The van der Waals surface area contributed by atoms with Gasteiger partial charge in [-0.1, -0.05) is 0 Å². The molecular weight excluding hydrogens is 232 g/mol. The van der Waals surface area contributed by atoms with E-state index >= 15 is 0 Å². The molecule has 0 aliphatic carbocycles. The van der Waals surface area contributed by atoms with Crippen molar-refractivity contribution in [2.75, 3.05) is 26.4 Å². The molecule has 0 rings (SSSR count). The quantitative estimate of drug-likeness (QED) is 0.524. The predicted octanol–water partition coefficient (Wildman–Crippen LogP) is -1.15. The summed E-state index contributed by atoms with van der Waals surface area (Å²) in [5.74, 6) is -0.974. The Hall–Kier alpha value is -1.18. The van der Waals surface area contributed by atoms with Crippen LogP contribution in [-0.2, 0) is 23.8 Å². The molecule has 2 N–H and O–H groups in total. The Morgan fingerprint density at radius 3 is 1.53 bits per heavy atom. The average Bonchev–Trinajstić information content (AvgIpc) is 2.23. The molecule has 0 aromatic heterocycles. The number of carbonyl (C=O) groups excluding carboxylic acids is 2. The average molecular weight is 250 g/mol. The van der Waals surface area contributed by atoms with Crippen LogP contribution < -0.4 is 0 Å². The molecule has 0 aromatic rings. The molecule has 0 amide bonds. The Morgan fingerprint density at radius 2 is 1.24 bits per heavy atom. The lowest BCUT2D eigenvalue weighted by atomic mass is 10.4. The van der Waals surface area contributed by atoms with Gasteiger partial charge in [0.2, 0.25) is 0 Å². The summed E-state index contributed by atoms with van der Waals surface area (Å²) in [6, 6.07) is 0. The lowest BCUT2D eigenvalue weighted by Gasteiger charge is -2.14. The van der Waals surface area contributed by atoms with Crippen molar-refractivity contribution < 1.29 is 34.0 Å². The Kier molecular flexibility index (Phi) is 8.29. The molecule has 0 spiro atoms. The molecule has 7 heteroatoms. The van der Waals surface area contributed by atoms with Gasteiger partial charge in [0.15, 0.2) is 0 Å². The van der Waals surface area contributed by atoms with Crippen LogP contribution in [0.15, 0.2) is 0 Å². The van der Waals surface area contributed by atoms with Crippen LogP contribution in [0.2, 0.25) is 0 Å². The molecule has 0 heterocycles. The van der Waals surface area contributed by atoms with Crippen LogP contribution >= 0.6 is 0 Å². The number of hydrogen-bond acceptors (Lipinski definition) is 7. The van der Waals surface area contributed by atoms with Crippen molar-refractivity contribution in [1.29, 1.82) is 0 Å². The highest BCUT2D eigenvalue weighted by Gasteiger charge is 2.10. The number of ether oxygens (including phenoxy) is 3. The molecule has 0 fully saturated rings. The largest absolute Gasteiger partial charge is 0.463 e. The molecule has 0 saturated heterocycles. The van der Waals surface area contributed by atoms with E-state index in [2.05, 4.69) is 9.47 Å². The van der Waals surface area contributed by atoms with Gasteiger partial charge in [0.05, 0.1) is 13.2 Å². The molecule has 0 aromatic carbocycles. The van der Waals surface area contributed by atoms with Crippen molar-refractivity contribution in [3.63, 3.8) is 0 Å². The number of aliphatic hydroxyl groups is 2. The zero-order valence-corrected chi connectivity index (χ0v) is 9.92. The van der Waals surface area contributed by atoms with Crippen LogP contribution in [0.4, 0.5) is 0 Å². The first kappa shape index (κ1) is 15.8. The number of aliphatic hydroxyl groups excluding tert-OH is 2. The second-order valence-corrected chi connectivity index (χ2v) is 3.45. The lowest BCUT2D eigenvalue weighted by Crippen LogP contribution is -2.28. The topological polar surface area (TPSA) is 102 Å². The number of hydrogen-bond donors (Lipinski definition) is 2. The second-order valence-electron chi connectivity index (χ2n) is 3.45. The molecule has 17 heavy (non-hydrogen) atoms. The summed E-state index contributed by atoms with van der Waals surface area (Å²) in [6.07, 6.45) is -1.89. The third-order valence-electron chi connectivity index (χ3n) is 1.58. The summed E-state index contributed by atoms with van der Waals surface area (Å²) in [5.41, 5.74) is 0. The number of rotatable bonds is 8. The third-order valence-corrected chi connectivity index (χ3v) is 1.58. The van der Waals surface area contributed by atoms with E-state index in [4.69, 9.17) is 4.74 Å². The summed E-state index contributed by atoms with van der Waals surface area (Å²) in [4.78, 5) is 20.8. The molecule has 100 valence electrons. The number of esters is 2. The van der Waals surface area contributed by atoms with Gasteiger partial charge in [-0.3, -0.25) is 9.59 Å². The number of carbonyl (C=O) groups is 2. The lowest BCUT2D eigenvalue weighted by molar-refractivity contribution is -0.146. The molecule has 2 unspecified atom stereocenters. The highest BCUT2D eigenvalue weighted by atomic mass is 16.6. The Labute approximate surface area is 99.3 Å². The van der Waals surface area contributed by atoms with E-state index in [1.54, 1.807) is 0 Å². The maximum absolute atomic E-state index is 10.4. The van der Waals surface area contributed by atoms with Gasteiger partial charge in [-0.05, 0) is 0 Å². The van der Waals surface area contributed by atoms with Crippen molar-refractivity contribution in [2.24, 2.45) is 0 Å². The van der Waals surface area contributed by atoms with Gasteiger partial charge in [-0.2, -0.15) is 0 Å². The Bertz CT molecular complexity index is 217. The minimum atomic E-state index is -0.945. The van der Waals surface area contributed by atoms with Gasteiger partial charge in [0.1, 0.15) is 25.4 Å². The van der Waals surface area contributed by atoms with E-state index in [0.717, 1.165) is 0 Å². The van der Waals surface area contributed by atoms with Crippen LogP contribution in [0, 0.1) is 0 Å². The maximum Gasteiger partial charge on any atom is 0.302 e. The van der Waals surface area contributed by atoms with Gasteiger partial charge in [-0.15, -0.1) is 0 Å². The van der Waals surface area contributed by atoms with E-state index in [-0.39, 0.29) is 26.4 Å². The van der Waals surface area contributed by atoms with Crippen molar-refractivity contribution in [1.82, 2.24) is 0 Å². The molecule has 0 aliphatic heterocycles. The van der Waals surface area contributed by atoms with E-state index in [9.17, 15) is 19.8 Å². The zero-order chi connectivity index (χ0) is 13.3. The van der Waals surface area contributed by atoms with Crippen LogP contribution in [-0.4, -0.2) is 60.8 Å². The maximum atomic E-state index is 10.4. The van der Waals surface area contributed by atoms with Crippen molar-refractivity contribution in [3.05, 3.63) is 0 Å². The monoisotopic (exact) mass is 250 g/mol. The second kappa shape index (κ2) is 8.91. The van der Waals surface area contributed by atoms with Gasteiger partial charge in [0.25, 0.3) is 0 Å². The Morgan fingerprint density at radius 1 is 0.882 bits per heavy atom. The first-order chi connectivity index (χ1) is 7.91. The highest BCUT2D eigenvalue weighted by molar-refractivity contribution is 5.66. The summed E-state index contributed by atoms with van der Waals surface area (Å²) in [7, 11) is 0. The van der Waals surface area contributed by atoms with Crippen LogP contribution in [0.3, 0.4) is 0 Å². The van der Waals surface area contributed by atoms with Crippen molar-refractivity contribution in [2.45, 2.75) is 26.1 Å². The van der Waals surface area contributed by atoms with Gasteiger partial charge in [-0.25, -0.2) is 0 Å². The SMILES string of the molecule is CC(=O)OCC(O)COCC(O)COC(C)=O. The predicted molar refractivity (Wildman–Crippen MR) is 56.1 cm³/mol. The van der Waals surface area contributed by atoms with E-state index in [1.165, 1.54) is 13.8 Å². The standard InChI is InChI=1S/C10H18O7/c1-7(11)16-5-9(13)3-15-4-10(14)6-17-8(2)12/h9-10,13-14H,3-6H2,1-2H3. The van der Waals surface area contributed by atoms with Gasteiger partial charge >= 0.3 is 11.9 Å². The fourth-order valence-electron chi connectivity index (χ4n) is 0.863. The van der Waals surface area contributed by atoms with Gasteiger partial charge < -0.3 is 24.4 Å². The van der Waals surface area contributed by atoms with E-state index in [0.29, 0.717) is 0 Å².